The lowest BCUT2D eigenvalue weighted by molar-refractivity contribution is -0.0892. The fourth-order valence-corrected chi connectivity index (χ4v) is 2.90. The maximum atomic E-state index is 13.4. The number of rotatable bonds is 5. The second-order valence-electron chi connectivity index (χ2n) is 6.17. The number of nitrogens with two attached hydrogens (primary N) is 1. The lowest BCUT2D eigenvalue weighted by Gasteiger charge is -2.16. The van der Waals surface area contributed by atoms with E-state index < -0.39 is 11.7 Å². The minimum absolute atomic E-state index is 0.0593. The maximum Gasteiger partial charge on any atom is 0.416 e. The van der Waals surface area contributed by atoms with Crippen LogP contribution in [-0.2, 0) is 6.54 Å². The quantitative estimate of drug-likeness (QED) is 0.805. The molecule has 1 atom stereocenters. The van der Waals surface area contributed by atoms with Gasteiger partial charge in [-0.25, -0.2) is 0 Å². The fourth-order valence-electron chi connectivity index (χ4n) is 2.90. The summed E-state index contributed by atoms with van der Waals surface area (Å²) in [5.74, 6) is 0.688. The Morgan fingerprint density at radius 3 is 2.67 bits per heavy atom. The van der Waals surface area contributed by atoms with Crippen LogP contribution in [0, 0.1) is 5.92 Å². The first-order chi connectivity index (χ1) is 11.3. The van der Waals surface area contributed by atoms with Gasteiger partial charge in [0.1, 0.15) is 12.4 Å². The SMILES string of the molecule is CCC1=C(C(F)(F)F)C=C(COc2cccc(CN)c2)C(C)CC1. The van der Waals surface area contributed by atoms with Crippen molar-refractivity contribution < 1.29 is 17.9 Å². The molecule has 0 amide bonds. The standard InChI is InChI=1S/C19H24F3NO/c1-3-15-8-7-13(2)16(10-18(15)19(20,21)22)12-24-17-6-4-5-14(9-17)11-23/h4-6,9-10,13H,3,7-8,11-12,23H2,1-2H3. The second-order valence-corrected chi connectivity index (χ2v) is 6.17. The highest BCUT2D eigenvalue weighted by molar-refractivity contribution is 5.36. The molecule has 0 radical (unpaired) electrons. The van der Waals surface area contributed by atoms with E-state index in [1.54, 1.807) is 13.0 Å². The third-order valence-corrected chi connectivity index (χ3v) is 4.49. The number of ether oxygens (including phenoxy) is 1. The van der Waals surface area contributed by atoms with Crippen LogP contribution < -0.4 is 10.5 Å². The largest absolute Gasteiger partial charge is 0.489 e. The Hall–Kier alpha value is -1.75. The molecule has 132 valence electrons. The van der Waals surface area contributed by atoms with Crippen molar-refractivity contribution in [2.75, 3.05) is 6.61 Å². The normalized spacial score (nSPS) is 19.1. The van der Waals surface area contributed by atoms with Crippen molar-refractivity contribution in [2.24, 2.45) is 11.7 Å². The van der Waals surface area contributed by atoms with E-state index in [1.807, 2.05) is 25.1 Å². The highest BCUT2D eigenvalue weighted by Crippen LogP contribution is 2.37. The third-order valence-electron chi connectivity index (χ3n) is 4.49. The molecule has 1 aliphatic rings. The Kier molecular flexibility index (Phi) is 6.10. The zero-order valence-corrected chi connectivity index (χ0v) is 14.1. The minimum atomic E-state index is -4.32. The summed E-state index contributed by atoms with van der Waals surface area (Å²) in [5, 5.41) is 0. The number of alkyl halides is 3. The Morgan fingerprint density at radius 2 is 2.04 bits per heavy atom. The summed E-state index contributed by atoms with van der Waals surface area (Å²) in [6.07, 6.45) is -1.41. The van der Waals surface area contributed by atoms with Crippen molar-refractivity contribution in [1.29, 1.82) is 0 Å². The highest BCUT2D eigenvalue weighted by atomic mass is 19.4. The van der Waals surface area contributed by atoms with Crippen molar-refractivity contribution in [1.82, 2.24) is 0 Å². The van der Waals surface area contributed by atoms with Gasteiger partial charge in [-0.1, -0.05) is 31.6 Å². The summed E-state index contributed by atoms with van der Waals surface area (Å²) in [6, 6.07) is 7.33. The monoisotopic (exact) mass is 339 g/mol. The molecule has 1 aromatic rings. The predicted octanol–water partition coefficient (Wildman–Crippen LogP) is 5.15. The van der Waals surface area contributed by atoms with Gasteiger partial charge in [0.2, 0.25) is 0 Å². The molecule has 2 nitrogen and oxygen atoms in total. The van der Waals surface area contributed by atoms with Gasteiger partial charge in [-0.15, -0.1) is 0 Å². The molecule has 0 saturated carbocycles. The molecule has 0 fully saturated rings. The van der Waals surface area contributed by atoms with E-state index >= 15 is 0 Å². The average molecular weight is 339 g/mol. The lowest BCUT2D eigenvalue weighted by Crippen LogP contribution is -2.14. The van der Waals surface area contributed by atoms with Crippen LogP contribution in [0.2, 0.25) is 0 Å². The van der Waals surface area contributed by atoms with Crippen LogP contribution in [0.25, 0.3) is 0 Å². The minimum Gasteiger partial charge on any atom is -0.489 e. The first-order valence-electron chi connectivity index (χ1n) is 8.26. The molecule has 0 aromatic heterocycles. The molecule has 2 rings (SSSR count). The van der Waals surface area contributed by atoms with Crippen LogP contribution >= 0.6 is 0 Å². The number of allylic oxidation sites excluding steroid dienone is 3. The molecule has 1 aliphatic carbocycles. The molecule has 1 unspecified atom stereocenters. The van der Waals surface area contributed by atoms with Crippen LogP contribution in [0.4, 0.5) is 13.2 Å². The van der Waals surface area contributed by atoms with Gasteiger partial charge in [-0.05, 0) is 54.5 Å². The third kappa shape index (κ3) is 4.63. The van der Waals surface area contributed by atoms with E-state index in [4.69, 9.17) is 10.5 Å². The summed E-state index contributed by atoms with van der Waals surface area (Å²) in [4.78, 5) is 0. The molecule has 0 aliphatic heterocycles. The van der Waals surface area contributed by atoms with Gasteiger partial charge < -0.3 is 10.5 Å². The molecule has 24 heavy (non-hydrogen) atoms. The van der Waals surface area contributed by atoms with Crippen molar-refractivity contribution in [3.63, 3.8) is 0 Å². The van der Waals surface area contributed by atoms with Gasteiger partial charge in [0.05, 0.1) is 5.57 Å². The van der Waals surface area contributed by atoms with E-state index in [2.05, 4.69) is 0 Å². The zero-order valence-electron chi connectivity index (χ0n) is 14.1. The van der Waals surface area contributed by atoms with E-state index in [0.29, 0.717) is 42.7 Å². The molecular formula is C19H24F3NO. The fraction of sp³-hybridized carbons (Fsp3) is 0.474. The van der Waals surface area contributed by atoms with Crippen LogP contribution in [0.1, 0.15) is 38.7 Å². The maximum absolute atomic E-state index is 13.4. The smallest absolute Gasteiger partial charge is 0.416 e. The van der Waals surface area contributed by atoms with Gasteiger partial charge >= 0.3 is 6.18 Å². The van der Waals surface area contributed by atoms with Crippen LogP contribution in [0.5, 0.6) is 5.75 Å². The average Bonchev–Trinajstić information content (AvgIpc) is 2.72. The number of hydrogen-bond acceptors (Lipinski definition) is 2. The van der Waals surface area contributed by atoms with Gasteiger partial charge in [-0.2, -0.15) is 13.2 Å². The number of benzene rings is 1. The van der Waals surface area contributed by atoms with E-state index in [-0.39, 0.29) is 12.5 Å². The van der Waals surface area contributed by atoms with Crippen molar-refractivity contribution in [3.05, 3.63) is 52.6 Å². The molecule has 1 aromatic carbocycles. The zero-order chi connectivity index (χ0) is 17.7. The molecule has 0 heterocycles. The first kappa shape index (κ1) is 18.6. The molecule has 0 saturated heterocycles. The summed E-state index contributed by atoms with van der Waals surface area (Å²) in [6.45, 7) is 4.29. The molecule has 0 bridgehead atoms. The van der Waals surface area contributed by atoms with E-state index in [0.717, 1.165) is 5.56 Å². The number of halogens is 3. The molecular weight excluding hydrogens is 315 g/mol. The van der Waals surface area contributed by atoms with E-state index in [1.165, 1.54) is 6.08 Å². The van der Waals surface area contributed by atoms with Crippen molar-refractivity contribution >= 4 is 0 Å². The van der Waals surface area contributed by atoms with Crippen LogP contribution in [0.3, 0.4) is 0 Å². The van der Waals surface area contributed by atoms with Gasteiger partial charge in [0, 0.05) is 6.54 Å². The van der Waals surface area contributed by atoms with Crippen molar-refractivity contribution in [3.8, 4) is 5.75 Å². The Bertz CT molecular complexity index is 632. The summed E-state index contributed by atoms with van der Waals surface area (Å²) in [7, 11) is 0. The van der Waals surface area contributed by atoms with Crippen LogP contribution in [0.15, 0.2) is 47.1 Å². The first-order valence-corrected chi connectivity index (χ1v) is 8.26. The molecule has 0 spiro atoms. The summed E-state index contributed by atoms with van der Waals surface area (Å²) < 4.78 is 45.8. The Labute approximate surface area is 141 Å². The predicted molar refractivity (Wildman–Crippen MR) is 89.7 cm³/mol. The van der Waals surface area contributed by atoms with Crippen molar-refractivity contribution in [2.45, 2.75) is 45.8 Å². The molecule has 5 heteroatoms. The second kappa shape index (κ2) is 7.88. The molecule has 2 N–H and O–H groups in total. The van der Waals surface area contributed by atoms with Crippen LogP contribution in [-0.4, -0.2) is 12.8 Å². The summed E-state index contributed by atoms with van der Waals surface area (Å²) >= 11 is 0. The highest BCUT2D eigenvalue weighted by Gasteiger charge is 2.36. The summed E-state index contributed by atoms with van der Waals surface area (Å²) in [5.41, 5.74) is 7.20. The number of hydrogen-bond donors (Lipinski definition) is 1. The van der Waals surface area contributed by atoms with Gasteiger partial charge in [0.25, 0.3) is 0 Å². The topological polar surface area (TPSA) is 35.2 Å². The van der Waals surface area contributed by atoms with Gasteiger partial charge in [0.15, 0.2) is 0 Å². The Balaban J connectivity index is 2.22. The van der Waals surface area contributed by atoms with E-state index in [9.17, 15) is 13.2 Å². The Morgan fingerprint density at radius 1 is 1.29 bits per heavy atom. The lowest BCUT2D eigenvalue weighted by atomic mass is 9.96. The van der Waals surface area contributed by atoms with Gasteiger partial charge in [-0.3, -0.25) is 0 Å².